The molecular formula is C32H38Cl3N3O7S. The summed E-state index contributed by atoms with van der Waals surface area (Å²) in [4.78, 5) is 29.1. The molecule has 1 N–H and O–H groups in total. The van der Waals surface area contributed by atoms with Crippen molar-refractivity contribution in [2.24, 2.45) is 0 Å². The van der Waals surface area contributed by atoms with Crippen LogP contribution in [0.3, 0.4) is 0 Å². The van der Waals surface area contributed by atoms with Crippen molar-refractivity contribution in [2.75, 3.05) is 32.2 Å². The highest BCUT2D eigenvalue weighted by atomic mass is 35.5. The van der Waals surface area contributed by atoms with Gasteiger partial charge in [0, 0.05) is 23.7 Å². The maximum atomic E-state index is 14.4. The Kier molecular flexibility index (Phi) is 13.3. The standard InChI is InChI=1S/C32H38Cl3N3O7S/c1-7-20(3)36-32(40)26(8-2)37(18-21-9-12-24(34)25(35)15-21)31(39)19-38(27-16-22(33)10-13-28(27)43-4)46(41,42)23-11-14-29(44-5)30(17-23)45-6/h9-17,20,26H,7-8,18-19H2,1-6H3,(H,36,40)/t20-,26-/m0/s1. The largest absolute Gasteiger partial charge is 0.495 e. The van der Waals surface area contributed by atoms with Crippen LogP contribution >= 0.6 is 34.8 Å². The van der Waals surface area contributed by atoms with Crippen LogP contribution in [0.2, 0.25) is 15.1 Å². The summed E-state index contributed by atoms with van der Waals surface area (Å²) in [6.45, 7) is 4.80. The average Bonchev–Trinajstić information content (AvgIpc) is 3.04. The first-order valence-electron chi connectivity index (χ1n) is 14.4. The number of ether oxygens (including phenoxy) is 3. The van der Waals surface area contributed by atoms with E-state index < -0.39 is 28.5 Å². The van der Waals surface area contributed by atoms with E-state index in [4.69, 9.17) is 49.0 Å². The Morgan fingerprint density at radius 2 is 1.48 bits per heavy atom. The first-order valence-corrected chi connectivity index (χ1v) is 17.0. The van der Waals surface area contributed by atoms with E-state index >= 15 is 0 Å². The third-order valence-corrected chi connectivity index (χ3v) is 10.1. The van der Waals surface area contributed by atoms with E-state index in [1.807, 2.05) is 13.8 Å². The number of hydrogen-bond acceptors (Lipinski definition) is 7. The summed E-state index contributed by atoms with van der Waals surface area (Å²) in [5.74, 6) is -0.403. The number of carbonyl (C=O) groups is 2. The molecule has 10 nitrogen and oxygen atoms in total. The number of halogens is 3. The quantitative estimate of drug-likeness (QED) is 0.189. The molecule has 3 aromatic carbocycles. The smallest absolute Gasteiger partial charge is 0.265 e. The van der Waals surface area contributed by atoms with E-state index in [9.17, 15) is 18.0 Å². The van der Waals surface area contributed by atoms with Gasteiger partial charge in [-0.1, -0.05) is 54.7 Å². The van der Waals surface area contributed by atoms with E-state index in [0.717, 1.165) is 4.31 Å². The fraction of sp³-hybridized carbons (Fsp3) is 0.375. The van der Waals surface area contributed by atoms with E-state index in [1.165, 1.54) is 62.6 Å². The number of amides is 2. The molecule has 0 saturated carbocycles. The normalized spacial score (nSPS) is 12.5. The van der Waals surface area contributed by atoms with Crippen molar-refractivity contribution in [2.45, 2.75) is 57.1 Å². The average molecular weight is 715 g/mol. The monoisotopic (exact) mass is 713 g/mol. The number of carbonyl (C=O) groups excluding carboxylic acids is 2. The summed E-state index contributed by atoms with van der Waals surface area (Å²) in [6.07, 6.45) is 0.924. The van der Waals surface area contributed by atoms with Crippen LogP contribution in [0.15, 0.2) is 59.5 Å². The molecule has 0 saturated heterocycles. The van der Waals surface area contributed by atoms with Crippen LogP contribution in [0.5, 0.6) is 17.2 Å². The molecule has 0 spiro atoms. The molecule has 14 heteroatoms. The highest BCUT2D eigenvalue weighted by Gasteiger charge is 2.35. The lowest BCUT2D eigenvalue weighted by Gasteiger charge is -2.34. The van der Waals surface area contributed by atoms with Gasteiger partial charge in [0.05, 0.1) is 42.0 Å². The third kappa shape index (κ3) is 8.70. The van der Waals surface area contributed by atoms with Gasteiger partial charge in [-0.05, 0) is 67.8 Å². The molecule has 0 aliphatic heterocycles. The van der Waals surface area contributed by atoms with Gasteiger partial charge in [-0.2, -0.15) is 0 Å². The van der Waals surface area contributed by atoms with E-state index in [0.29, 0.717) is 22.8 Å². The molecule has 0 aliphatic rings. The van der Waals surface area contributed by atoms with Gasteiger partial charge in [-0.15, -0.1) is 0 Å². The van der Waals surface area contributed by atoms with Crippen molar-refractivity contribution in [1.29, 1.82) is 0 Å². The number of benzene rings is 3. The van der Waals surface area contributed by atoms with Crippen LogP contribution in [-0.4, -0.2) is 65.1 Å². The Morgan fingerprint density at radius 3 is 2.07 bits per heavy atom. The fourth-order valence-corrected chi connectivity index (χ4v) is 6.59. The topological polar surface area (TPSA) is 114 Å². The van der Waals surface area contributed by atoms with Crippen molar-refractivity contribution in [1.82, 2.24) is 10.2 Å². The number of anilines is 1. The lowest BCUT2D eigenvalue weighted by atomic mass is 10.1. The molecule has 0 unspecified atom stereocenters. The summed E-state index contributed by atoms with van der Waals surface area (Å²) >= 11 is 18.7. The van der Waals surface area contributed by atoms with E-state index in [-0.39, 0.29) is 57.0 Å². The SMILES string of the molecule is CC[C@H](C)NC(=O)[C@H](CC)N(Cc1ccc(Cl)c(Cl)c1)C(=O)CN(c1cc(Cl)ccc1OC)S(=O)(=O)c1ccc(OC)c(OC)c1. The molecule has 3 rings (SSSR count). The molecule has 46 heavy (non-hydrogen) atoms. The molecule has 0 radical (unpaired) electrons. The van der Waals surface area contributed by atoms with Crippen LogP contribution in [-0.2, 0) is 26.2 Å². The van der Waals surface area contributed by atoms with Gasteiger partial charge in [0.25, 0.3) is 10.0 Å². The lowest BCUT2D eigenvalue weighted by molar-refractivity contribution is -0.140. The number of nitrogens with one attached hydrogen (secondary N) is 1. The highest BCUT2D eigenvalue weighted by molar-refractivity contribution is 7.92. The Morgan fingerprint density at radius 1 is 0.826 bits per heavy atom. The Balaban J connectivity index is 2.19. The number of rotatable bonds is 15. The van der Waals surface area contributed by atoms with Gasteiger partial charge < -0.3 is 24.4 Å². The van der Waals surface area contributed by atoms with Crippen molar-refractivity contribution in [3.05, 3.63) is 75.2 Å². The first-order chi connectivity index (χ1) is 21.8. The molecule has 250 valence electrons. The second-order valence-corrected chi connectivity index (χ2v) is 13.5. The Bertz CT molecular complexity index is 1660. The summed E-state index contributed by atoms with van der Waals surface area (Å²) in [7, 11) is -0.295. The van der Waals surface area contributed by atoms with Gasteiger partial charge in [0.2, 0.25) is 11.8 Å². The van der Waals surface area contributed by atoms with Crippen molar-refractivity contribution in [3.8, 4) is 17.2 Å². The number of sulfonamides is 1. The molecule has 0 aliphatic carbocycles. The molecule has 2 atom stereocenters. The minimum atomic E-state index is -4.48. The molecule has 0 bridgehead atoms. The van der Waals surface area contributed by atoms with E-state index in [1.54, 1.807) is 25.1 Å². The summed E-state index contributed by atoms with van der Waals surface area (Å²) in [5, 5.41) is 3.74. The van der Waals surface area contributed by atoms with Crippen LogP contribution in [0.25, 0.3) is 0 Å². The molecular weight excluding hydrogens is 677 g/mol. The second kappa shape index (κ2) is 16.4. The van der Waals surface area contributed by atoms with Crippen LogP contribution in [0.4, 0.5) is 5.69 Å². The van der Waals surface area contributed by atoms with Gasteiger partial charge in [-0.3, -0.25) is 13.9 Å². The Hall–Kier alpha value is -3.38. The maximum Gasteiger partial charge on any atom is 0.265 e. The van der Waals surface area contributed by atoms with Gasteiger partial charge in [0.1, 0.15) is 18.3 Å². The van der Waals surface area contributed by atoms with Crippen LogP contribution in [0, 0.1) is 0 Å². The molecule has 2 amide bonds. The van der Waals surface area contributed by atoms with Crippen molar-refractivity contribution < 1.29 is 32.2 Å². The summed E-state index contributed by atoms with van der Waals surface area (Å²) in [5.41, 5.74) is 0.608. The third-order valence-electron chi connectivity index (χ3n) is 7.36. The zero-order chi connectivity index (χ0) is 34.2. The molecule has 3 aromatic rings. The zero-order valence-corrected chi connectivity index (χ0v) is 29.6. The number of hydrogen-bond donors (Lipinski definition) is 1. The van der Waals surface area contributed by atoms with Crippen LogP contribution < -0.4 is 23.8 Å². The predicted octanol–water partition coefficient (Wildman–Crippen LogP) is 6.59. The highest BCUT2D eigenvalue weighted by Crippen LogP contribution is 2.37. The maximum absolute atomic E-state index is 14.4. The van der Waals surface area contributed by atoms with Gasteiger partial charge in [-0.25, -0.2) is 8.42 Å². The zero-order valence-electron chi connectivity index (χ0n) is 26.5. The second-order valence-electron chi connectivity index (χ2n) is 10.4. The van der Waals surface area contributed by atoms with E-state index in [2.05, 4.69) is 5.32 Å². The van der Waals surface area contributed by atoms with Gasteiger partial charge >= 0.3 is 0 Å². The summed E-state index contributed by atoms with van der Waals surface area (Å²) in [6, 6.07) is 12.3. The predicted molar refractivity (Wildman–Crippen MR) is 181 cm³/mol. The van der Waals surface area contributed by atoms with Crippen molar-refractivity contribution in [3.63, 3.8) is 0 Å². The first kappa shape index (κ1) is 37.1. The molecule has 0 fully saturated rings. The molecule has 0 aromatic heterocycles. The minimum Gasteiger partial charge on any atom is -0.495 e. The number of methoxy groups -OCH3 is 3. The Labute approximate surface area is 285 Å². The fourth-order valence-electron chi connectivity index (χ4n) is 4.67. The minimum absolute atomic E-state index is 0.0183. The van der Waals surface area contributed by atoms with Crippen LogP contribution in [0.1, 0.15) is 39.2 Å². The van der Waals surface area contributed by atoms with Crippen molar-refractivity contribution >= 4 is 62.3 Å². The molecule has 0 heterocycles. The number of nitrogens with zero attached hydrogens (tertiary/aromatic N) is 2. The van der Waals surface area contributed by atoms with Gasteiger partial charge in [0.15, 0.2) is 11.5 Å². The lowest BCUT2D eigenvalue weighted by Crippen LogP contribution is -2.53. The summed E-state index contributed by atoms with van der Waals surface area (Å²) < 4.78 is 45.8.